The predicted molar refractivity (Wildman–Crippen MR) is 617 cm³/mol. The van der Waals surface area contributed by atoms with Gasteiger partial charge in [-0.25, -0.2) is 0 Å². The Kier molecular flexibility index (Phi) is 54.0. The Morgan fingerprint density at radius 1 is 0.260 bits per heavy atom. The van der Waals surface area contributed by atoms with Crippen LogP contribution in [0.3, 0.4) is 0 Å². The molecule has 15 rings (SSSR count). The van der Waals surface area contributed by atoms with E-state index in [1.54, 1.807) is 61.7 Å². The molecule has 13 aromatic rings. The molecule has 0 saturated heterocycles. The maximum atomic E-state index is 11.1. The van der Waals surface area contributed by atoms with Crippen LogP contribution in [0.15, 0.2) is 273 Å². The first kappa shape index (κ1) is 122. The minimum absolute atomic E-state index is 0.0911. The summed E-state index contributed by atoms with van der Waals surface area (Å²) < 4.78 is 35.1. The molecule has 2 aliphatic carbocycles. The molecule has 0 bridgehead atoms. The first-order chi connectivity index (χ1) is 72.3. The van der Waals surface area contributed by atoms with Crippen LogP contribution in [-0.4, -0.2) is 64.3 Å². The van der Waals surface area contributed by atoms with Gasteiger partial charge in [0.15, 0.2) is 0 Å². The average Bonchev–Trinajstić information content (AvgIpc) is 0.813. The number of aliphatic hydroxyl groups excluding tert-OH is 2. The van der Waals surface area contributed by atoms with Crippen LogP contribution >= 0.6 is 0 Å². The number of phenolic OH excluding ortho intramolecular Hbond substituents is 6. The first-order valence-corrected chi connectivity index (χ1v) is 55.1. The summed E-state index contributed by atoms with van der Waals surface area (Å²) in [6, 6.07) is 88.2. The number of benzene rings is 13. The molecule has 0 aromatic heterocycles. The highest BCUT2D eigenvalue weighted by atomic mass is 16.5. The summed E-state index contributed by atoms with van der Waals surface area (Å²) in [6.07, 6.45) is 22.8. The monoisotopic (exact) mass is 2040 g/mol. The molecule has 16 heteroatoms. The summed E-state index contributed by atoms with van der Waals surface area (Å²) in [4.78, 5) is 0. The number of methoxy groups -OCH3 is 1. The Morgan fingerprint density at radius 3 is 0.800 bits per heavy atom. The highest BCUT2D eigenvalue weighted by molar-refractivity contribution is 5.67. The molecule has 13 aromatic carbocycles. The van der Waals surface area contributed by atoms with Gasteiger partial charge >= 0.3 is 0 Å². The zero-order chi connectivity index (χ0) is 109. The fourth-order valence-corrected chi connectivity index (χ4v) is 17.8. The number of aromatic hydroxyl groups is 8. The van der Waals surface area contributed by atoms with Gasteiger partial charge in [0.2, 0.25) is 0 Å². The van der Waals surface area contributed by atoms with E-state index in [1.807, 2.05) is 153 Å². The maximum absolute atomic E-state index is 11.1. The van der Waals surface area contributed by atoms with E-state index in [-0.39, 0.29) is 43.7 Å². The topological polar surface area (TPSA) is 258 Å². The summed E-state index contributed by atoms with van der Waals surface area (Å²) in [5, 5.41) is 97.0. The molecule has 808 valence electrons. The number of hydrogen-bond acceptors (Lipinski definition) is 16. The van der Waals surface area contributed by atoms with Crippen molar-refractivity contribution in [3.05, 3.63) is 379 Å². The van der Waals surface area contributed by atoms with Crippen molar-refractivity contribution >= 4 is 0 Å². The highest BCUT2D eigenvalue weighted by Crippen LogP contribution is 2.41. The lowest BCUT2D eigenvalue weighted by molar-refractivity contribution is 0.0159. The van der Waals surface area contributed by atoms with Crippen LogP contribution in [0, 0.1) is 6.92 Å². The number of ether oxygens (including phenoxy) is 6. The third-order valence-corrected chi connectivity index (χ3v) is 29.7. The highest BCUT2D eigenvalue weighted by Gasteiger charge is 2.24. The first-order valence-electron chi connectivity index (χ1n) is 55.1. The van der Waals surface area contributed by atoms with Crippen LogP contribution in [-0.2, 0) is 68.7 Å². The molecule has 150 heavy (non-hydrogen) atoms. The summed E-state index contributed by atoms with van der Waals surface area (Å²) in [5.74, 6) is 10.5. The van der Waals surface area contributed by atoms with Gasteiger partial charge in [0, 0.05) is 51.6 Å². The van der Waals surface area contributed by atoms with Crippen molar-refractivity contribution in [2.75, 3.05) is 7.11 Å². The molecule has 16 nitrogen and oxygen atoms in total. The quantitative estimate of drug-likeness (QED) is 0.0173. The van der Waals surface area contributed by atoms with Gasteiger partial charge in [-0.1, -0.05) is 295 Å². The van der Waals surface area contributed by atoms with Crippen LogP contribution in [0.5, 0.6) is 69.0 Å². The van der Waals surface area contributed by atoms with Crippen molar-refractivity contribution < 1.29 is 79.5 Å². The van der Waals surface area contributed by atoms with E-state index in [4.69, 9.17) is 48.8 Å². The largest absolute Gasteiger partial charge is 0.508 e. The SMILES string of the molecule is CCC(C)c1ccc(O)cc1.CCC(C)c1ccc(O)cc1.CCC(C)c1ccc(O)cc1.CCC(C)c1ccc(O)cc1.CCC(C)c1ccc(OCc2cc(-c3ccccc3)cc(CO)c2O)cc1.CCC(C)c1ccc(OCc2cc(C)cc(CO)c2O)cc1.CCC(C)c1ccc(OCc2cc(C3CCCCC3)cc(COC3CCCCC3)c2O)cc1.CCc1cc(COC)c(O)c(COc2ccc(C(C)CC)cc2)c1. The second-order valence-corrected chi connectivity index (χ2v) is 40.7. The van der Waals surface area contributed by atoms with E-state index in [9.17, 15) is 30.6 Å². The predicted octanol–water partition coefficient (Wildman–Crippen LogP) is 35.1. The summed E-state index contributed by atoms with van der Waals surface area (Å²) in [7, 11) is 1.63. The van der Waals surface area contributed by atoms with E-state index in [0.29, 0.717) is 137 Å². The van der Waals surface area contributed by atoms with E-state index < -0.39 is 0 Å². The molecule has 0 radical (unpaired) electrons. The van der Waals surface area contributed by atoms with Crippen LogP contribution < -0.4 is 18.9 Å². The number of aliphatic hydroxyl groups is 2. The van der Waals surface area contributed by atoms with Gasteiger partial charge in [-0.3, -0.25) is 0 Å². The van der Waals surface area contributed by atoms with Gasteiger partial charge in [-0.05, 0) is 350 Å². The Bertz CT molecular complexity index is 5730. The minimum Gasteiger partial charge on any atom is -0.508 e. The fraction of sp³-hybridized carbons (Fsp3) is 0.418. The number of hydrogen-bond donors (Lipinski definition) is 10. The summed E-state index contributed by atoms with van der Waals surface area (Å²) >= 11 is 0. The molecule has 2 fully saturated rings. The second kappa shape index (κ2) is 66.1. The smallest absolute Gasteiger partial charge is 0.127 e. The van der Waals surface area contributed by atoms with Gasteiger partial charge < -0.3 is 79.5 Å². The number of aryl methyl sites for hydroxylation is 2. The van der Waals surface area contributed by atoms with Gasteiger partial charge in [0.25, 0.3) is 0 Å². The molecule has 0 amide bonds. The van der Waals surface area contributed by atoms with Crippen LogP contribution in [0.4, 0.5) is 0 Å². The molecular weight excluding hydrogens is 1870 g/mol. The normalized spacial score (nSPS) is 13.8. The van der Waals surface area contributed by atoms with Crippen LogP contribution in [0.25, 0.3) is 11.1 Å². The average molecular weight is 2040 g/mol. The Labute approximate surface area is 898 Å². The lowest BCUT2D eigenvalue weighted by Crippen LogP contribution is -2.16. The molecule has 2 saturated carbocycles. The zero-order valence-electron chi connectivity index (χ0n) is 93.3. The zero-order valence-corrected chi connectivity index (χ0v) is 93.3. The Balaban J connectivity index is 0.000000216. The van der Waals surface area contributed by atoms with Crippen molar-refractivity contribution in [1.82, 2.24) is 0 Å². The van der Waals surface area contributed by atoms with Crippen LogP contribution in [0.1, 0.15) is 392 Å². The summed E-state index contributed by atoms with van der Waals surface area (Å²) in [5.41, 5.74) is 21.7. The third kappa shape index (κ3) is 40.6. The molecule has 2 aliphatic rings. The molecule has 0 spiro atoms. The Hall–Kier alpha value is -12.7. The van der Waals surface area contributed by atoms with Gasteiger partial charge in [0.1, 0.15) is 95.4 Å². The molecule has 0 aliphatic heterocycles. The van der Waals surface area contributed by atoms with Crippen molar-refractivity contribution in [1.29, 1.82) is 0 Å². The van der Waals surface area contributed by atoms with E-state index in [0.717, 1.165) is 133 Å². The lowest BCUT2D eigenvalue weighted by atomic mass is 9.83. The van der Waals surface area contributed by atoms with Crippen molar-refractivity contribution in [3.8, 4) is 80.1 Å². The second-order valence-electron chi connectivity index (χ2n) is 40.7. The van der Waals surface area contributed by atoms with E-state index >= 15 is 0 Å². The summed E-state index contributed by atoms with van der Waals surface area (Å²) in [6.45, 7) is 40.8. The maximum Gasteiger partial charge on any atom is 0.127 e. The number of rotatable bonds is 38. The minimum atomic E-state index is -0.219. The molecule has 8 atom stereocenters. The standard InChI is InChI=1S/C30H42O3.C24H26O3.C21H28O3.C19H24O3.4C10H14O/c1-3-22(2)23-14-16-29(17-15-23)33-21-27-19-25(24-10-6-4-7-11-24)18-26(30(27)31)20-32-28-12-8-5-9-13-28;1-3-17(2)18-9-11-23(12-10-18)27-16-22-14-20(13-21(15-25)24(22)26)19-7-5-4-6-8-19;1-5-15(3)17-7-9-20(10-8-17)24-14-19-12-16(6-2)11-18(13-23-4)21(19)22;1-4-14(3)15-5-7-18(8-6-15)22-12-17-10-13(2)9-16(11-20)19(17)21;4*1-3-8(2)9-4-6-10(11)7-5-9/h14-19,22,24,28,31H,3-13,20-21H2,1-2H3;4-14,17,25-26H,3,15-16H2,1-2H3;7-12,15,22H,5-6,13-14H2,1-4H3;5-10,14,20-21H,4,11-12H2,1-3H3;4*4-8,11H,3H2,1-2H3. The molecular formula is C134H176O16. The fourth-order valence-electron chi connectivity index (χ4n) is 17.8. The Morgan fingerprint density at radius 2 is 0.507 bits per heavy atom. The van der Waals surface area contributed by atoms with E-state index in [1.165, 1.54) is 107 Å². The molecule has 8 unspecified atom stereocenters. The molecule has 10 N–H and O–H groups in total. The molecule has 0 heterocycles. The van der Waals surface area contributed by atoms with Crippen molar-refractivity contribution in [2.24, 2.45) is 0 Å². The van der Waals surface area contributed by atoms with Crippen LogP contribution in [0.2, 0.25) is 0 Å². The van der Waals surface area contributed by atoms with Gasteiger partial charge in [-0.15, -0.1) is 0 Å². The third-order valence-electron chi connectivity index (χ3n) is 29.7. The van der Waals surface area contributed by atoms with Gasteiger partial charge in [-0.2, -0.15) is 0 Å². The lowest BCUT2D eigenvalue weighted by Gasteiger charge is -2.25. The van der Waals surface area contributed by atoms with Crippen molar-refractivity contribution in [2.45, 2.75) is 359 Å². The van der Waals surface area contributed by atoms with E-state index in [2.05, 4.69) is 190 Å². The number of phenols is 8. The van der Waals surface area contributed by atoms with Crippen molar-refractivity contribution in [3.63, 3.8) is 0 Å². The van der Waals surface area contributed by atoms with Gasteiger partial charge in [0.05, 0.1) is 32.5 Å².